The van der Waals surface area contributed by atoms with E-state index in [2.05, 4.69) is 19.7 Å². The van der Waals surface area contributed by atoms with Crippen LogP contribution in [0.2, 0.25) is 0 Å². The monoisotopic (exact) mass is 293 g/mol. The fourth-order valence-corrected chi connectivity index (χ4v) is 2.04. The molecular weight excluding hydrogens is 281 g/mol. The molecule has 0 aromatic carbocycles. The lowest BCUT2D eigenvalue weighted by atomic mass is 10.3. The summed E-state index contributed by atoms with van der Waals surface area (Å²) in [6.07, 6.45) is 2.85. The van der Waals surface area contributed by atoms with Gasteiger partial charge in [0.2, 0.25) is 17.5 Å². The van der Waals surface area contributed by atoms with E-state index in [1.165, 1.54) is 24.2 Å². The lowest BCUT2D eigenvalue weighted by Gasteiger charge is -2.02. The summed E-state index contributed by atoms with van der Waals surface area (Å²) in [7, 11) is 2.58. The molecule has 1 aliphatic rings. The maximum atomic E-state index is 14.1. The summed E-state index contributed by atoms with van der Waals surface area (Å²) < 4.78 is 25.1. The Morgan fingerprint density at radius 2 is 2.29 bits per heavy atom. The van der Waals surface area contributed by atoms with Crippen LogP contribution in [0, 0.1) is 0 Å². The maximum Gasteiger partial charge on any atom is 0.348 e. The van der Waals surface area contributed by atoms with Crippen molar-refractivity contribution in [2.75, 3.05) is 20.0 Å². The second kappa shape index (κ2) is 4.40. The first kappa shape index (κ1) is 13.3. The average molecular weight is 293 g/mol. The molecule has 110 valence electrons. The Labute approximate surface area is 118 Å². The third-order valence-corrected chi connectivity index (χ3v) is 3.22. The number of nitrogens with two attached hydrogens (primary N) is 1. The van der Waals surface area contributed by atoms with Crippen LogP contribution >= 0.6 is 0 Å². The number of alkyl halides is 1. The van der Waals surface area contributed by atoms with Gasteiger partial charge in [0.25, 0.3) is 0 Å². The average Bonchev–Trinajstić information content (AvgIpc) is 2.96. The van der Waals surface area contributed by atoms with Crippen molar-refractivity contribution in [3.05, 3.63) is 11.9 Å². The summed E-state index contributed by atoms with van der Waals surface area (Å²) in [4.78, 5) is 23.4. The Hall–Kier alpha value is -2.71. The Balaban J connectivity index is 2.04. The molecule has 0 radical (unpaired) electrons. The third-order valence-electron chi connectivity index (χ3n) is 3.22. The number of ether oxygens (including phenoxy) is 2. The highest BCUT2D eigenvalue weighted by atomic mass is 19.1. The van der Waals surface area contributed by atoms with E-state index in [0.29, 0.717) is 11.2 Å². The molecule has 2 aromatic heterocycles. The summed E-state index contributed by atoms with van der Waals surface area (Å²) in [5.41, 5.74) is 4.57. The first-order chi connectivity index (χ1) is 9.99. The first-order valence-electron chi connectivity index (χ1n) is 6.02. The van der Waals surface area contributed by atoms with E-state index in [1.54, 1.807) is 0 Å². The van der Waals surface area contributed by atoms with Gasteiger partial charge in [-0.25, -0.2) is 14.2 Å². The molecule has 0 amide bonds. The topological polar surface area (TPSA) is 105 Å². The summed E-state index contributed by atoms with van der Waals surface area (Å²) in [5.74, 6) is -0.676. The quantitative estimate of drug-likeness (QED) is 0.823. The third kappa shape index (κ3) is 1.97. The number of hydrogen-bond donors (Lipinski definition) is 1. The van der Waals surface area contributed by atoms with Gasteiger partial charge in [0, 0.05) is 12.6 Å². The van der Waals surface area contributed by atoms with Gasteiger partial charge in [-0.1, -0.05) is 0 Å². The van der Waals surface area contributed by atoms with E-state index in [1.807, 2.05) is 0 Å². The van der Waals surface area contributed by atoms with E-state index >= 15 is 0 Å². The zero-order chi connectivity index (χ0) is 15.2. The second-order valence-electron chi connectivity index (χ2n) is 4.54. The Kier molecular flexibility index (Phi) is 2.78. The van der Waals surface area contributed by atoms with E-state index < -0.39 is 11.6 Å². The van der Waals surface area contributed by atoms with Crippen molar-refractivity contribution in [3.63, 3.8) is 0 Å². The van der Waals surface area contributed by atoms with Gasteiger partial charge in [0.1, 0.15) is 6.33 Å². The number of carbonyl (C=O) groups is 1. The molecule has 1 atom stereocenters. The van der Waals surface area contributed by atoms with Crippen molar-refractivity contribution in [2.45, 2.75) is 12.1 Å². The van der Waals surface area contributed by atoms with Crippen molar-refractivity contribution in [1.82, 2.24) is 19.5 Å². The highest BCUT2D eigenvalue weighted by molar-refractivity contribution is 5.92. The lowest BCUT2D eigenvalue weighted by molar-refractivity contribution is -0.147. The van der Waals surface area contributed by atoms with E-state index in [4.69, 9.17) is 10.5 Å². The number of rotatable bonds is 3. The number of halogens is 1. The van der Waals surface area contributed by atoms with Crippen LogP contribution in [-0.4, -0.2) is 45.4 Å². The highest BCUT2D eigenvalue weighted by Gasteiger charge is 2.58. The SMILES string of the molecule is COC(=O)C1(F)C/C1=C\n1cnc2c(OC)nc(N)nc21. The fraction of sp³-hybridized carbons (Fsp3) is 0.333. The van der Waals surface area contributed by atoms with Gasteiger partial charge in [-0.05, 0) is 5.57 Å². The van der Waals surface area contributed by atoms with Crippen molar-refractivity contribution in [3.8, 4) is 5.88 Å². The van der Waals surface area contributed by atoms with Crippen molar-refractivity contribution in [1.29, 1.82) is 0 Å². The molecule has 9 heteroatoms. The van der Waals surface area contributed by atoms with Crippen LogP contribution in [0.5, 0.6) is 5.88 Å². The largest absolute Gasteiger partial charge is 0.479 e. The minimum Gasteiger partial charge on any atom is -0.479 e. The molecule has 1 saturated carbocycles. The normalized spacial score (nSPS) is 22.5. The van der Waals surface area contributed by atoms with Gasteiger partial charge in [-0.15, -0.1) is 0 Å². The van der Waals surface area contributed by atoms with Crippen molar-refractivity contribution in [2.24, 2.45) is 0 Å². The number of methoxy groups -OCH3 is 2. The van der Waals surface area contributed by atoms with Gasteiger partial charge in [-0.3, -0.25) is 4.57 Å². The predicted molar refractivity (Wildman–Crippen MR) is 71.0 cm³/mol. The number of esters is 1. The zero-order valence-electron chi connectivity index (χ0n) is 11.3. The van der Waals surface area contributed by atoms with Crippen LogP contribution in [0.25, 0.3) is 17.4 Å². The second-order valence-corrected chi connectivity index (χ2v) is 4.54. The van der Waals surface area contributed by atoms with Gasteiger partial charge < -0.3 is 15.2 Å². The molecule has 3 rings (SSSR count). The smallest absolute Gasteiger partial charge is 0.348 e. The number of hydrogen-bond acceptors (Lipinski definition) is 7. The van der Waals surface area contributed by atoms with Crippen LogP contribution < -0.4 is 10.5 Å². The van der Waals surface area contributed by atoms with Gasteiger partial charge in [0.05, 0.1) is 14.2 Å². The fourth-order valence-electron chi connectivity index (χ4n) is 2.04. The predicted octanol–water partition coefficient (Wildman–Crippen LogP) is 0.543. The van der Waals surface area contributed by atoms with Crippen LogP contribution in [0.3, 0.4) is 0 Å². The van der Waals surface area contributed by atoms with E-state index in [9.17, 15) is 9.18 Å². The molecule has 1 aliphatic carbocycles. The summed E-state index contributed by atoms with van der Waals surface area (Å²) >= 11 is 0. The number of nitrogen functional groups attached to an aromatic ring is 1. The molecular formula is C12H12FN5O3. The molecule has 1 unspecified atom stereocenters. The molecule has 0 aliphatic heterocycles. The van der Waals surface area contributed by atoms with Crippen LogP contribution in [-0.2, 0) is 9.53 Å². The summed E-state index contributed by atoms with van der Waals surface area (Å²) in [6, 6.07) is 0. The number of carbonyl (C=O) groups excluding carboxylic acids is 1. The number of aromatic nitrogens is 4. The van der Waals surface area contributed by atoms with Crippen molar-refractivity contribution < 1.29 is 18.7 Å². The zero-order valence-corrected chi connectivity index (χ0v) is 11.3. The van der Waals surface area contributed by atoms with Crippen LogP contribution in [0.15, 0.2) is 11.9 Å². The molecule has 2 N–H and O–H groups in total. The first-order valence-corrected chi connectivity index (χ1v) is 6.02. The Morgan fingerprint density at radius 3 is 2.95 bits per heavy atom. The molecule has 0 spiro atoms. The summed E-state index contributed by atoms with van der Waals surface area (Å²) in [6.45, 7) is 0. The number of nitrogens with zero attached hydrogens (tertiary/aromatic N) is 4. The lowest BCUT2D eigenvalue weighted by Crippen LogP contribution is -2.18. The molecule has 8 nitrogen and oxygen atoms in total. The number of fused-ring (bicyclic) bond motifs is 1. The van der Waals surface area contributed by atoms with Gasteiger partial charge >= 0.3 is 5.97 Å². The minimum absolute atomic E-state index is 0.00905. The van der Waals surface area contributed by atoms with Gasteiger partial charge in [-0.2, -0.15) is 9.97 Å². The van der Waals surface area contributed by atoms with Crippen molar-refractivity contribution >= 4 is 29.3 Å². The van der Waals surface area contributed by atoms with E-state index in [-0.39, 0.29) is 23.8 Å². The number of imidazole rings is 1. The van der Waals surface area contributed by atoms with Gasteiger partial charge in [0.15, 0.2) is 11.2 Å². The Bertz CT molecular complexity index is 772. The molecule has 2 heterocycles. The standard InChI is InChI=1S/C12H12FN5O3/c1-20-9-7-8(16-11(14)17-9)18(5-15-7)4-6-3-12(6,13)10(19)21-2/h4-5H,3H2,1-2H3,(H2,14,16,17)/b6-4+. The van der Waals surface area contributed by atoms with Crippen LogP contribution in [0.1, 0.15) is 6.42 Å². The number of anilines is 1. The molecule has 2 aromatic rings. The van der Waals surface area contributed by atoms with Crippen LogP contribution in [0.4, 0.5) is 10.3 Å². The maximum absolute atomic E-state index is 14.1. The molecule has 21 heavy (non-hydrogen) atoms. The Morgan fingerprint density at radius 1 is 1.52 bits per heavy atom. The summed E-state index contributed by atoms with van der Waals surface area (Å²) in [5, 5.41) is 0. The highest BCUT2D eigenvalue weighted by Crippen LogP contribution is 2.48. The molecule has 1 fully saturated rings. The van der Waals surface area contributed by atoms with E-state index in [0.717, 1.165) is 7.11 Å². The minimum atomic E-state index is -2.06. The molecule has 0 saturated heterocycles. The molecule has 0 bridgehead atoms.